The van der Waals surface area contributed by atoms with Crippen molar-refractivity contribution in [1.29, 1.82) is 0 Å². The highest BCUT2D eigenvalue weighted by Crippen LogP contribution is 2.15. The maximum Gasteiger partial charge on any atom is 0.339 e. The van der Waals surface area contributed by atoms with E-state index in [0.29, 0.717) is 0 Å². The van der Waals surface area contributed by atoms with Gasteiger partial charge in [-0.2, -0.15) is 0 Å². The largest absolute Gasteiger partial charge is 0.465 e. The van der Waals surface area contributed by atoms with Gasteiger partial charge in [0, 0.05) is 0 Å². The Hall–Kier alpha value is -3.68. The molecule has 2 N–H and O–H groups in total. The first-order chi connectivity index (χ1) is 13.5. The molecule has 0 radical (unpaired) electrons. The first kappa shape index (κ1) is 20.6. The third-order valence-corrected chi connectivity index (χ3v) is 3.61. The number of benzene rings is 2. The molecule has 146 valence electrons. The van der Waals surface area contributed by atoms with E-state index in [0.717, 1.165) is 5.56 Å². The molecule has 0 aliphatic rings. The average molecular weight is 384 g/mol. The molecule has 0 fully saturated rings. The van der Waals surface area contributed by atoms with Gasteiger partial charge in [-0.3, -0.25) is 14.4 Å². The Bertz CT molecular complexity index is 851. The molecular weight excluding hydrogens is 364 g/mol. The molecule has 2 aromatic carbocycles. The summed E-state index contributed by atoms with van der Waals surface area (Å²) < 4.78 is 9.46. The van der Waals surface area contributed by atoms with E-state index in [1.807, 2.05) is 18.2 Å². The van der Waals surface area contributed by atoms with E-state index < -0.39 is 24.5 Å². The molecule has 0 spiro atoms. The average Bonchev–Trinajstić information content (AvgIpc) is 2.71. The highest BCUT2D eigenvalue weighted by molar-refractivity contribution is 6.01. The van der Waals surface area contributed by atoms with Gasteiger partial charge in [0.15, 0.2) is 6.61 Å². The third kappa shape index (κ3) is 6.56. The van der Waals surface area contributed by atoms with Gasteiger partial charge < -0.3 is 20.1 Å². The number of hydrogen-bond acceptors (Lipinski definition) is 6. The number of anilines is 1. The molecule has 8 heteroatoms. The summed E-state index contributed by atoms with van der Waals surface area (Å²) in [5.41, 5.74) is 1.24. The minimum absolute atomic E-state index is 0.138. The molecule has 2 aromatic rings. The molecule has 8 nitrogen and oxygen atoms in total. The number of carbonyl (C=O) groups excluding carboxylic acids is 4. The van der Waals surface area contributed by atoms with Gasteiger partial charge in [0.2, 0.25) is 5.91 Å². The van der Waals surface area contributed by atoms with Gasteiger partial charge in [-0.25, -0.2) is 4.79 Å². The zero-order chi connectivity index (χ0) is 20.4. The lowest BCUT2D eigenvalue weighted by Crippen LogP contribution is -2.33. The van der Waals surface area contributed by atoms with Crippen molar-refractivity contribution in [3.8, 4) is 0 Å². The predicted molar refractivity (Wildman–Crippen MR) is 101 cm³/mol. The minimum atomic E-state index is -0.752. The first-order valence-corrected chi connectivity index (χ1v) is 8.43. The van der Waals surface area contributed by atoms with Gasteiger partial charge in [-0.1, -0.05) is 42.5 Å². The van der Waals surface area contributed by atoms with E-state index in [1.54, 1.807) is 24.3 Å². The Kier molecular flexibility index (Phi) is 7.71. The quantitative estimate of drug-likeness (QED) is 0.664. The summed E-state index contributed by atoms with van der Waals surface area (Å²) in [6.07, 6.45) is 0.138. The van der Waals surface area contributed by atoms with Crippen molar-refractivity contribution < 1.29 is 28.7 Å². The number of carbonyl (C=O) groups is 4. The maximum atomic E-state index is 11.9. The van der Waals surface area contributed by atoms with E-state index in [4.69, 9.17) is 4.74 Å². The highest BCUT2D eigenvalue weighted by Gasteiger charge is 2.14. The Labute approximate surface area is 161 Å². The van der Waals surface area contributed by atoms with Crippen LogP contribution in [0.25, 0.3) is 0 Å². The van der Waals surface area contributed by atoms with E-state index in [9.17, 15) is 19.2 Å². The van der Waals surface area contributed by atoms with E-state index in [1.165, 1.54) is 19.2 Å². The van der Waals surface area contributed by atoms with Crippen molar-refractivity contribution in [2.75, 3.05) is 25.6 Å². The van der Waals surface area contributed by atoms with Crippen LogP contribution in [0.2, 0.25) is 0 Å². The molecule has 2 amide bonds. The van der Waals surface area contributed by atoms with Crippen LogP contribution in [0.5, 0.6) is 0 Å². The highest BCUT2D eigenvalue weighted by atomic mass is 16.5. The van der Waals surface area contributed by atoms with Crippen LogP contribution >= 0.6 is 0 Å². The molecule has 0 aromatic heterocycles. The van der Waals surface area contributed by atoms with Crippen LogP contribution in [0.4, 0.5) is 5.69 Å². The van der Waals surface area contributed by atoms with Crippen LogP contribution in [0.15, 0.2) is 54.6 Å². The van der Waals surface area contributed by atoms with Gasteiger partial charge in [0.05, 0.1) is 24.8 Å². The van der Waals surface area contributed by atoms with Gasteiger partial charge in [0.25, 0.3) is 5.91 Å². The fourth-order valence-corrected chi connectivity index (χ4v) is 2.28. The number of hydrogen-bond donors (Lipinski definition) is 2. The van der Waals surface area contributed by atoms with Crippen molar-refractivity contribution in [1.82, 2.24) is 5.32 Å². The Morgan fingerprint density at radius 1 is 0.893 bits per heavy atom. The van der Waals surface area contributed by atoms with E-state index in [-0.39, 0.29) is 30.1 Å². The number of ether oxygens (including phenoxy) is 2. The zero-order valence-electron chi connectivity index (χ0n) is 15.3. The first-order valence-electron chi connectivity index (χ1n) is 8.43. The number of amides is 2. The van der Waals surface area contributed by atoms with Crippen molar-refractivity contribution in [3.63, 3.8) is 0 Å². The van der Waals surface area contributed by atoms with Crippen LogP contribution in [0.1, 0.15) is 15.9 Å². The smallest absolute Gasteiger partial charge is 0.339 e. The summed E-state index contributed by atoms with van der Waals surface area (Å²) in [4.78, 5) is 47.1. The summed E-state index contributed by atoms with van der Waals surface area (Å²) in [5.74, 6) is -2.31. The predicted octanol–water partition coefficient (Wildman–Crippen LogP) is 1.31. The zero-order valence-corrected chi connectivity index (χ0v) is 15.3. The SMILES string of the molecule is COC(=O)c1ccccc1NC(=O)COC(=O)CNC(=O)Cc1ccccc1. The lowest BCUT2D eigenvalue weighted by Gasteiger charge is -2.10. The third-order valence-electron chi connectivity index (χ3n) is 3.61. The van der Waals surface area contributed by atoms with Gasteiger partial charge in [-0.15, -0.1) is 0 Å². The standard InChI is InChI=1S/C20H20N2O6/c1-27-20(26)15-9-5-6-10-16(15)22-18(24)13-28-19(25)12-21-17(23)11-14-7-3-2-4-8-14/h2-10H,11-13H2,1H3,(H,21,23)(H,22,24). The van der Waals surface area contributed by atoms with Crippen LogP contribution in [0.3, 0.4) is 0 Å². The monoisotopic (exact) mass is 384 g/mol. The second-order valence-corrected chi connectivity index (χ2v) is 5.69. The summed E-state index contributed by atoms with van der Waals surface area (Å²) in [6, 6.07) is 15.3. The second kappa shape index (κ2) is 10.5. The van der Waals surface area contributed by atoms with Crippen molar-refractivity contribution in [2.45, 2.75) is 6.42 Å². The molecular formula is C20H20N2O6. The van der Waals surface area contributed by atoms with Crippen LogP contribution < -0.4 is 10.6 Å². The molecule has 0 aliphatic carbocycles. The number of rotatable bonds is 8. The Morgan fingerprint density at radius 3 is 2.29 bits per heavy atom. The molecule has 0 saturated heterocycles. The van der Waals surface area contributed by atoms with Crippen molar-refractivity contribution in [2.24, 2.45) is 0 Å². The lowest BCUT2D eigenvalue weighted by molar-refractivity contribution is -0.147. The second-order valence-electron chi connectivity index (χ2n) is 5.69. The molecule has 0 heterocycles. The Morgan fingerprint density at radius 2 is 1.57 bits per heavy atom. The maximum absolute atomic E-state index is 11.9. The Balaban J connectivity index is 1.75. The fraction of sp³-hybridized carbons (Fsp3) is 0.200. The van der Waals surface area contributed by atoms with Gasteiger partial charge >= 0.3 is 11.9 Å². The molecule has 0 bridgehead atoms. The normalized spacial score (nSPS) is 9.89. The van der Waals surface area contributed by atoms with Crippen LogP contribution in [-0.4, -0.2) is 44.0 Å². The van der Waals surface area contributed by atoms with Crippen LogP contribution in [-0.2, 0) is 30.3 Å². The summed E-state index contributed by atoms with van der Waals surface area (Å²) >= 11 is 0. The van der Waals surface area contributed by atoms with E-state index in [2.05, 4.69) is 15.4 Å². The summed E-state index contributed by atoms with van der Waals surface area (Å²) in [7, 11) is 1.23. The van der Waals surface area contributed by atoms with Gasteiger partial charge in [-0.05, 0) is 17.7 Å². The van der Waals surface area contributed by atoms with Crippen molar-refractivity contribution in [3.05, 3.63) is 65.7 Å². The van der Waals surface area contributed by atoms with Gasteiger partial charge in [0.1, 0.15) is 6.54 Å². The molecule has 0 aliphatic heterocycles. The van der Waals surface area contributed by atoms with E-state index >= 15 is 0 Å². The topological polar surface area (TPSA) is 111 Å². The fourth-order valence-electron chi connectivity index (χ4n) is 2.28. The molecule has 2 rings (SSSR count). The summed E-state index contributed by atoms with van der Waals surface area (Å²) in [5, 5.41) is 4.90. The minimum Gasteiger partial charge on any atom is -0.465 e. The molecule has 0 saturated carbocycles. The van der Waals surface area contributed by atoms with Crippen LogP contribution in [0, 0.1) is 0 Å². The number of methoxy groups -OCH3 is 1. The summed E-state index contributed by atoms with van der Waals surface area (Å²) in [6.45, 7) is -0.902. The number of para-hydroxylation sites is 1. The van der Waals surface area contributed by atoms with Crippen molar-refractivity contribution >= 4 is 29.4 Å². The lowest BCUT2D eigenvalue weighted by atomic mass is 10.1. The molecule has 0 unspecified atom stereocenters. The molecule has 28 heavy (non-hydrogen) atoms. The number of esters is 2. The number of nitrogens with one attached hydrogen (secondary N) is 2. The molecule has 0 atom stereocenters.